The summed E-state index contributed by atoms with van der Waals surface area (Å²) in [5.74, 6) is 0.253. The molecule has 7 heteroatoms. The van der Waals surface area contributed by atoms with Crippen LogP contribution in [0, 0.1) is 0 Å². The number of carbonyl (C=O) groups excluding carboxylic acids is 1. The monoisotopic (exact) mass is 262 g/mol. The number of primary amides is 1. The Hall–Kier alpha value is -2.28. The number of amides is 1. The van der Waals surface area contributed by atoms with E-state index >= 15 is 0 Å². The molecule has 2 rings (SSSR count). The highest BCUT2D eigenvalue weighted by molar-refractivity contribution is 5.70. The Kier molecular flexibility index (Phi) is 6.17. The quantitative estimate of drug-likeness (QED) is 0.796. The standard InChI is InChI=1S/C10H13N5.C2H5NO/c11-8-10-12-14-15(13-10)7-6-9-4-2-1-3-5-9;1-2(3)4/h1-5H,6-8,11H2;1H3,(H2,3,4). The second kappa shape index (κ2) is 7.93. The molecule has 102 valence electrons. The normalized spacial score (nSPS) is 9.58. The molecule has 1 aromatic carbocycles. The van der Waals surface area contributed by atoms with Gasteiger partial charge in [0.1, 0.15) is 0 Å². The first-order chi connectivity index (χ1) is 9.11. The first kappa shape index (κ1) is 14.8. The number of hydrogen-bond acceptors (Lipinski definition) is 5. The predicted octanol–water partition coefficient (Wildman–Crippen LogP) is -0.134. The molecule has 0 unspecified atom stereocenters. The largest absolute Gasteiger partial charge is 0.370 e. The molecule has 1 heterocycles. The summed E-state index contributed by atoms with van der Waals surface area (Å²) in [5, 5.41) is 11.8. The molecule has 1 amide bonds. The summed E-state index contributed by atoms with van der Waals surface area (Å²) in [6.45, 7) is 2.38. The summed E-state index contributed by atoms with van der Waals surface area (Å²) in [6, 6.07) is 10.2. The van der Waals surface area contributed by atoms with E-state index < -0.39 is 0 Å². The van der Waals surface area contributed by atoms with E-state index in [0.29, 0.717) is 12.4 Å². The second-order valence-corrected chi connectivity index (χ2v) is 3.85. The molecule has 0 saturated heterocycles. The van der Waals surface area contributed by atoms with E-state index in [0.717, 1.165) is 13.0 Å². The minimum Gasteiger partial charge on any atom is -0.370 e. The average molecular weight is 262 g/mol. The maximum Gasteiger partial charge on any atom is 0.214 e. The Balaban J connectivity index is 0.000000399. The fourth-order valence-electron chi connectivity index (χ4n) is 1.33. The third-order valence-corrected chi connectivity index (χ3v) is 2.12. The van der Waals surface area contributed by atoms with Crippen molar-refractivity contribution >= 4 is 5.91 Å². The summed E-state index contributed by atoms with van der Waals surface area (Å²) in [7, 11) is 0. The molecular weight excluding hydrogens is 244 g/mol. The number of rotatable bonds is 4. The lowest BCUT2D eigenvalue weighted by atomic mass is 10.2. The Morgan fingerprint density at radius 3 is 2.47 bits per heavy atom. The molecular formula is C12H18N6O. The second-order valence-electron chi connectivity index (χ2n) is 3.85. The van der Waals surface area contributed by atoms with Crippen molar-refractivity contribution in [3.05, 3.63) is 41.7 Å². The molecule has 0 aliphatic rings. The van der Waals surface area contributed by atoms with Crippen LogP contribution >= 0.6 is 0 Å². The van der Waals surface area contributed by atoms with Crippen molar-refractivity contribution in [3.63, 3.8) is 0 Å². The van der Waals surface area contributed by atoms with Gasteiger partial charge in [0.2, 0.25) is 5.91 Å². The van der Waals surface area contributed by atoms with Crippen molar-refractivity contribution in [3.8, 4) is 0 Å². The van der Waals surface area contributed by atoms with Crippen LogP contribution in [0.5, 0.6) is 0 Å². The van der Waals surface area contributed by atoms with Gasteiger partial charge in [0, 0.05) is 6.92 Å². The molecule has 0 fully saturated rings. The zero-order valence-electron chi connectivity index (χ0n) is 10.9. The van der Waals surface area contributed by atoms with E-state index in [1.807, 2.05) is 18.2 Å². The maximum absolute atomic E-state index is 9.22. The Morgan fingerprint density at radius 2 is 1.95 bits per heavy atom. The number of carbonyl (C=O) groups is 1. The first-order valence-electron chi connectivity index (χ1n) is 5.88. The van der Waals surface area contributed by atoms with Gasteiger partial charge in [-0.25, -0.2) is 0 Å². The number of nitrogens with two attached hydrogens (primary N) is 2. The van der Waals surface area contributed by atoms with Crippen molar-refractivity contribution in [2.75, 3.05) is 0 Å². The summed E-state index contributed by atoms with van der Waals surface area (Å²) < 4.78 is 0. The Labute approximate surface area is 111 Å². The van der Waals surface area contributed by atoms with Crippen molar-refractivity contribution in [2.45, 2.75) is 26.4 Å². The number of aromatic nitrogens is 4. The highest BCUT2D eigenvalue weighted by Crippen LogP contribution is 2.00. The van der Waals surface area contributed by atoms with E-state index in [1.165, 1.54) is 12.5 Å². The number of tetrazole rings is 1. The Morgan fingerprint density at radius 1 is 1.32 bits per heavy atom. The van der Waals surface area contributed by atoms with Gasteiger partial charge >= 0.3 is 0 Å². The summed E-state index contributed by atoms with van der Waals surface area (Å²) in [5.41, 5.74) is 11.1. The van der Waals surface area contributed by atoms with E-state index in [2.05, 4.69) is 33.3 Å². The van der Waals surface area contributed by atoms with Crippen LogP contribution in [-0.2, 0) is 24.3 Å². The van der Waals surface area contributed by atoms with Gasteiger partial charge in [0.05, 0.1) is 13.1 Å². The maximum atomic E-state index is 9.22. The van der Waals surface area contributed by atoms with E-state index in [4.69, 9.17) is 5.73 Å². The molecule has 2 aromatic rings. The highest BCUT2D eigenvalue weighted by Gasteiger charge is 2.00. The highest BCUT2D eigenvalue weighted by atomic mass is 16.1. The third-order valence-electron chi connectivity index (χ3n) is 2.12. The summed E-state index contributed by atoms with van der Waals surface area (Å²) in [4.78, 5) is 10.8. The van der Waals surface area contributed by atoms with E-state index in [-0.39, 0.29) is 5.91 Å². The minimum atomic E-state index is -0.333. The van der Waals surface area contributed by atoms with Crippen molar-refractivity contribution < 1.29 is 4.79 Å². The third kappa shape index (κ3) is 6.27. The molecule has 4 N–H and O–H groups in total. The van der Waals surface area contributed by atoms with Gasteiger partial charge in [-0.05, 0) is 17.2 Å². The van der Waals surface area contributed by atoms with Crippen LogP contribution in [0.15, 0.2) is 30.3 Å². The van der Waals surface area contributed by atoms with Gasteiger partial charge < -0.3 is 11.5 Å². The molecule has 0 bridgehead atoms. The molecule has 0 atom stereocenters. The van der Waals surface area contributed by atoms with Crippen LogP contribution in [0.2, 0.25) is 0 Å². The molecule has 0 aliphatic heterocycles. The predicted molar refractivity (Wildman–Crippen MR) is 70.7 cm³/mol. The van der Waals surface area contributed by atoms with E-state index in [9.17, 15) is 4.79 Å². The van der Waals surface area contributed by atoms with Crippen molar-refractivity contribution in [2.24, 2.45) is 11.5 Å². The van der Waals surface area contributed by atoms with Gasteiger partial charge in [-0.3, -0.25) is 4.79 Å². The van der Waals surface area contributed by atoms with Crippen molar-refractivity contribution in [1.82, 2.24) is 20.2 Å². The number of benzene rings is 1. The molecule has 0 radical (unpaired) electrons. The first-order valence-corrected chi connectivity index (χ1v) is 5.88. The van der Waals surface area contributed by atoms with Crippen LogP contribution in [0.1, 0.15) is 18.3 Å². The van der Waals surface area contributed by atoms with Crippen LogP contribution in [-0.4, -0.2) is 26.1 Å². The molecule has 19 heavy (non-hydrogen) atoms. The van der Waals surface area contributed by atoms with Crippen LogP contribution in [0.4, 0.5) is 0 Å². The fraction of sp³-hybridized carbons (Fsp3) is 0.333. The molecule has 1 aromatic heterocycles. The van der Waals surface area contributed by atoms with E-state index in [1.54, 1.807) is 4.80 Å². The lowest BCUT2D eigenvalue weighted by Crippen LogP contribution is -2.06. The lowest BCUT2D eigenvalue weighted by molar-refractivity contribution is -0.115. The minimum absolute atomic E-state index is 0.333. The molecule has 0 saturated carbocycles. The average Bonchev–Trinajstić information content (AvgIpc) is 2.85. The smallest absolute Gasteiger partial charge is 0.214 e. The molecule has 0 spiro atoms. The zero-order valence-corrected chi connectivity index (χ0v) is 10.9. The van der Waals surface area contributed by atoms with Crippen LogP contribution in [0.25, 0.3) is 0 Å². The van der Waals surface area contributed by atoms with Crippen molar-refractivity contribution in [1.29, 1.82) is 0 Å². The fourth-order valence-corrected chi connectivity index (χ4v) is 1.33. The molecule has 7 nitrogen and oxygen atoms in total. The Bertz CT molecular complexity index is 492. The topological polar surface area (TPSA) is 113 Å². The summed E-state index contributed by atoms with van der Waals surface area (Å²) >= 11 is 0. The molecule has 0 aliphatic carbocycles. The zero-order chi connectivity index (χ0) is 14.1. The SMILES string of the molecule is CC(N)=O.NCc1nnn(CCc2ccccc2)n1. The van der Waals surface area contributed by atoms with Gasteiger partial charge in [-0.15, -0.1) is 10.2 Å². The lowest BCUT2D eigenvalue weighted by Gasteiger charge is -1.98. The van der Waals surface area contributed by atoms with Crippen LogP contribution < -0.4 is 11.5 Å². The van der Waals surface area contributed by atoms with Crippen LogP contribution in [0.3, 0.4) is 0 Å². The van der Waals surface area contributed by atoms with Gasteiger partial charge in [-0.2, -0.15) is 4.80 Å². The van der Waals surface area contributed by atoms with Gasteiger partial charge in [0.15, 0.2) is 5.82 Å². The van der Waals surface area contributed by atoms with Gasteiger partial charge in [-0.1, -0.05) is 30.3 Å². The number of hydrogen-bond donors (Lipinski definition) is 2. The number of nitrogens with zero attached hydrogens (tertiary/aromatic N) is 4. The number of aryl methyl sites for hydroxylation is 2. The van der Waals surface area contributed by atoms with Gasteiger partial charge in [0.25, 0.3) is 0 Å². The summed E-state index contributed by atoms with van der Waals surface area (Å²) in [6.07, 6.45) is 0.904.